The maximum atomic E-state index is 13.6. The van der Waals surface area contributed by atoms with Crippen molar-refractivity contribution in [1.29, 1.82) is 0 Å². The van der Waals surface area contributed by atoms with Crippen LogP contribution in [0.5, 0.6) is 0 Å². The highest BCUT2D eigenvalue weighted by atomic mass is 35.5. The van der Waals surface area contributed by atoms with Crippen LogP contribution >= 0.6 is 11.6 Å². The summed E-state index contributed by atoms with van der Waals surface area (Å²) in [5.74, 6) is -0.848. The lowest BCUT2D eigenvalue weighted by Crippen LogP contribution is -2.35. The van der Waals surface area contributed by atoms with Gasteiger partial charge in [0.05, 0.1) is 6.54 Å². The topological polar surface area (TPSA) is 75.7 Å². The van der Waals surface area contributed by atoms with E-state index < -0.39 is 32.9 Å². The quantitative estimate of drug-likeness (QED) is 0.860. The van der Waals surface area contributed by atoms with Crippen LogP contribution in [-0.2, 0) is 14.8 Å². The number of anilines is 1. The number of carbonyl (C=O) groups is 1. The van der Waals surface area contributed by atoms with Crippen molar-refractivity contribution in [2.75, 3.05) is 18.0 Å². The van der Waals surface area contributed by atoms with Crippen molar-refractivity contribution in [1.82, 2.24) is 4.72 Å². The minimum Gasteiger partial charge on any atom is -0.443 e. The summed E-state index contributed by atoms with van der Waals surface area (Å²) in [5, 5.41) is 0.467. The molecular weight excluding hydrogens is 371 g/mol. The molecule has 1 aliphatic rings. The van der Waals surface area contributed by atoms with E-state index in [0.29, 0.717) is 10.7 Å². The van der Waals surface area contributed by atoms with Gasteiger partial charge in [0.25, 0.3) is 0 Å². The number of nitrogens with zero attached hydrogens (tertiary/aromatic N) is 1. The van der Waals surface area contributed by atoms with E-state index in [2.05, 4.69) is 4.72 Å². The molecule has 1 heterocycles. The average molecular weight is 385 g/mol. The summed E-state index contributed by atoms with van der Waals surface area (Å²) in [7, 11) is -4.04. The molecular formula is C16H14ClFN2O4S. The van der Waals surface area contributed by atoms with E-state index in [4.69, 9.17) is 16.3 Å². The molecule has 0 spiro atoms. The predicted octanol–water partition coefficient (Wildman–Crippen LogP) is 2.78. The number of halogens is 2. The number of benzene rings is 2. The Morgan fingerprint density at radius 3 is 2.72 bits per heavy atom. The Kier molecular flexibility index (Phi) is 4.94. The molecule has 2 aromatic carbocycles. The minimum atomic E-state index is -4.04. The van der Waals surface area contributed by atoms with Gasteiger partial charge >= 0.3 is 6.09 Å². The first-order valence-electron chi connectivity index (χ1n) is 7.35. The largest absolute Gasteiger partial charge is 0.443 e. The summed E-state index contributed by atoms with van der Waals surface area (Å²) in [5.41, 5.74) is 0.553. The van der Waals surface area contributed by atoms with Crippen LogP contribution < -0.4 is 9.62 Å². The predicted molar refractivity (Wildman–Crippen MR) is 90.7 cm³/mol. The third kappa shape index (κ3) is 3.92. The van der Waals surface area contributed by atoms with Gasteiger partial charge in [-0.2, -0.15) is 0 Å². The molecule has 1 aliphatic heterocycles. The van der Waals surface area contributed by atoms with Crippen LogP contribution in [0.4, 0.5) is 14.9 Å². The van der Waals surface area contributed by atoms with Gasteiger partial charge in [-0.25, -0.2) is 22.3 Å². The molecule has 1 fully saturated rings. The normalized spacial score (nSPS) is 17.6. The zero-order valence-electron chi connectivity index (χ0n) is 12.9. The summed E-state index contributed by atoms with van der Waals surface area (Å²) in [6, 6.07) is 11.7. The van der Waals surface area contributed by atoms with Crippen molar-refractivity contribution < 1.29 is 22.3 Å². The lowest BCUT2D eigenvalue weighted by Gasteiger charge is -2.13. The Bertz CT molecular complexity index is 907. The molecule has 0 unspecified atom stereocenters. The molecule has 0 aromatic heterocycles. The Labute approximate surface area is 149 Å². The van der Waals surface area contributed by atoms with Gasteiger partial charge in [0.1, 0.15) is 16.8 Å². The second-order valence-electron chi connectivity index (χ2n) is 5.38. The third-order valence-electron chi connectivity index (χ3n) is 3.62. The molecule has 2 aromatic rings. The van der Waals surface area contributed by atoms with Crippen LogP contribution in [0.15, 0.2) is 53.4 Å². The summed E-state index contributed by atoms with van der Waals surface area (Å²) in [6.07, 6.45) is -1.30. The fourth-order valence-electron chi connectivity index (χ4n) is 2.43. The van der Waals surface area contributed by atoms with Crippen molar-refractivity contribution in [3.63, 3.8) is 0 Å². The lowest BCUT2D eigenvalue weighted by atomic mass is 10.3. The first kappa shape index (κ1) is 17.7. The Morgan fingerprint density at radius 2 is 2.00 bits per heavy atom. The van der Waals surface area contributed by atoms with E-state index in [0.717, 1.165) is 12.1 Å². The molecule has 0 saturated carbocycles. The summed E-state index contributed by atoms with van der Waals surface area (Å²) >= 11 is 5.91. The maximum Gasteiger partial charge on any atom is 0.414 e. The van der Waals surface area contributed by atoms with Gasteiger partial charge in [-0.1, -0.05) is 29.8 Å². The number of carbonyl (C=O) groups excluding carboxylic acids is 1. The number of cyclic esters (lactones) is 1. The van der Waals surface area contributed by atoms with Crippen LogP contribution in [0.1, 0.15) is 0 Å². The maximum absolute atomic E-state index is 13.6. The molecule has 0 aliphatic carbocycles. The number of ether oxygens (including phenoxy) is 1. The van der Waals surface area contributed by atoms with Crippen LogP contribution in [-0.4, -0.2) is 33.7 Å². The summed E-state index contributed by atoms with van der Waals surface area (Å²) in [4.78, 5) is 12.9. The summed E-state index contributed by atoms with van der Waals surface area (Å²) in [6.45, 7) is -0.0154. The summed E-state index contributed by atoms with van der Waals surface area (Å²) < 4.78 is 45.4. The van der Waals surface area contributed by atoms with Crippen molar-refractivity contribution in [2.24, 2.45) is 0 Å². The van der Waals surface area contributed by atoms with Gasteiger partial charge in [-0.3, -0.25) is 4.90 Å². The Hall–Kier alpha value is -2.16. The van der Waals surface area contributed by atoms with Gasteiger partial charge < -0.3 is 4.74 Å². The number of hydrogen-bond acceptors (Lipinski definition) is 4. The highest BCUT2D eigenvalue weighted by Crippen LogP contribution is 2.24. The van der Waals surface area contributed by atoms with Gasteiger partial charge in [-0.05, 0) is 30.3 Å². The molecule has 3 rings (SSSR count). The van der Waals surface area contributed by atoms with Crippen molar-refractivity contribution in [2.45, 2.75) is 11.0 Å². The van der Waals surface area contributed by atoms with E-state index >= 15 is 0 Å². The monoisotopic (exact) mass is 384 g/mol. The van der Waals surface area contributed by atoms with Gasteiger partial charge in [-0.15, -0.1) is 0 Å². The van der Waals surface area contributed by atoms with Crippen LogP contribution in [0.2, 0.25) is 5.02 Å². The first-order valence-corrected chi connectivity index (χ1v) is 9.21. The van der Waals surface area contributed by atoms with E-state index in [-0.39, 0.29) is 13.1 Å². The molecule has 0 radical (unpaired) electrons. The Morgan fingerprint density at radius 1 is 1.24 bits per heavy atom. The highest BCUT2D eigenvalue weighted by Gasteiger charge is 2.33. The molecule has 6 nitrogen and oxygen atoms in total. The van der Waals surface area contributed by atoms with Gasteiger partial charge in [0, 0.05) is 17.3 Å². The molecule has 1 amide bonds. The minimum absolute atomic E-state index is 0.152. The van der Waals surface area contributed by atoms with Crippen LogP contribution in [0, 0.1) is 5.82 Å². The van der Waals surface area contributed by atoms with E-state index in [1.807, 2.05) is 0 Å². The SMILES string of the molecule is O=C1O[C@H](CNS(=O)(=O)c2ccccc2F)CN1c1cccc(Cl)c1. The molecule has 25 heavy (non-hydrogen) atoms. The van der Waals surface area contributed by atoms with Crippen LogP contribution in [0.3, 0.4) is 0 Å². The molecule has 1 atom stereocenters. The smallest absolute Gasteiger partial charge is 0.414 e. The highest BCUT2D eigenvalue weighted by molar-refractivity contribution is 7.89. The van der Waals surface area contributed by atoms with Gasteiger partial charge in [0.15, 0.2) is 0 Å². The molecule has 1 N–H and O–H groups in total. The number of sulfonamides is 1. The fraction of sp³-hybridized carbons (Fsp3) is 0.188. The lowest BCUT2D eigenvalue weighted by molar-refractivity contribution is 0.143. The standard InChI is InChI=1S/C16H14ClFN2O4S/c17-11-4-3-5-12(8-11)20-10-13(24-16(20)21)9-19-25(22,23)15-7-2-1-6-14(15)18/h1-8,13,19H,9-10H2/t13-/m1/s1. The second-order valence-corrected chi connectivity index (χ2v) is 7.55. The second kappa shape index (κ2) is 6.99. The number of nitrogens with one attached hydrogen (secondary N) is 1. The average Bonchev–Trinajstić information content (AvgIpc) is 2.94. The molecule has 9 heteroatoms. The molecule has 132 valence electrons. The van der Waals surface area contributed by atoms with Crippen molar-refractivity contribution in [3.05, 3.63) is 59.4 Å². The van der Waals surface area contributed by atoms with Gasteiger partial charge in [0.2, 0.25) is 10.0 Å². The van der Waals surface area contributed by atoms with E-state index in [9.17, 15) is 17.6 Å². The van der Waals surface area contributed by atoms with E-state index in [1.54, 1.807) is 24.3 Å². The third-order valence-corrected chi connectivity index (χ3v) is 5.31. The zero-order valence-corrected chi connectivity index (χ0v) is 14.4. The fourth-order valence-corrected chi connectivity index (χ4v) is 3.75. The Balaban J connectivity index is 1.67. The van der Waals surface area contributed by atoms with Crippen molar-refractivity contribution in [3.8, 4) is 0 Å². The molecule has 1 saturated heterocycles. The number of amides is 1. The number of rotatable bonds is 5. The van der Waals surface area contributed by atoms with E-state index in [1.165, 1.54) is 17.0 Å². The first-order chi connectivity index (χ1) is 11.9. The van der Waals surface area contributed by atoms with Crippen molar-refractivity contribution >= 4 is 33.4 Å². The number of hydrogen-bond donors (Lipinski definition) is 1. The zero-order chi connectivity index (χ0) is 18.0. The van der Waals surface area contributed by atoms with Crippen LogP contribution in [0.25, 0.3) is 0 Å². The molecule has 0 bridgehead atoms.